The summed E-state index contributed by atoms with van der Waals surface area (Å²) in [5, 5.41) is 27.6. The van der Waals surface area contributed by atoms with E-state index in [1.54, 1.807) is 0 Å². The second kappa shape index (κ2) is 14.3. The molecule has 0 fully saturated rings. The van der Waals surface area contributed by atoms with E-state index in [0.717, 1.165) is 5.56 Å². The quantitative estimate of drug-likeness (QED) is 0.258. The molecular weight excluding hydrogens is 461 g/mol. The number of aromatic nitrogens is 2. The van der Waals surface area contributed by atoms with Crippen LogP contribution in [0.15, 0.2) is 48.9 Å². The maximum Gasteiger partial charge on any atom is 0.475 e. The van der Waals surface area contributed by atoms with Gasteiger partial charge in [0.25, 0.3) is 5.91 Å². The minimum Gasteiger partial charge on any atom is -0.426 e. The Kier molecular flexibility index (Phi) is 11.5. The highest BCUT2D eigenvalue weighted by Gasteiger charge is 2.32. The number of nitrogens with one attached hydrogen (secondary N) is 3. The van der Waals surface area contributed by atoms with Crippen LogP contribution in [-0.2, 0) is 16.0 Å². The van der Waals surface area contributed by atoms with Crippen LogP contribution in [0.5, 0.6) is 0 Å². The predicted octanol–water partition coefficient (Wildman–Crippen LogP) is 0.892. The number of hydrogen-bond donors (Lipinski definition) is 5. The number of carbonyl (C=O) groups excluding carboxylic acids is 3. The Morgan fingerprint density at radius 3 is 2.06 bits per heavy atom. The lowest BCUT2D eigenvalue weighted by Crippen LogP contribution is -2.58. The van der Waals surface area contributed by atoms with Crippen LogP contribution < -0.4 is 16.0 Å². The molecule has 0 aliphatic carbocycles. The van der Waals surface area contributed by atoms with E-state index in [1.807, 2.05) is 58.0 Å². The molecule has 5 N–H and O–H groups in total. The SMILES string of the molecule is CC(C)C[C@H](NC(=O)[C@H](Cc1ccccc1)NC(=O)[C@H](CC(C)C)NC(=O)c1cnccn1)B(O)O. The molecule has 10 nitrogen and oxygen atoms in total. The van der Waals surface area contributed by atoms with Crippen molar-refractivity contribution in [2.24, 2.45) is 11.8 Å². The lowest BCUT2D eigenvalue weighted by molar-refractivity contribution is -0.130. The number of rotatable bonds is 13. The van der Waals surface area contributed by atoms with E-state index in [0.29, 0.717) is 12.8 Å². The maximum absolute atomic E-state index is 13.3. The first kappa shape index (κ1) is 28.9. The molecule has 1 heterocycles. The summed E-state index contributed by atoms with van der Waals surface area (Å²) in [5.74, 6) is -2.34. The molecule has 0 saturated carbocycles. The van der Waals surface area contributed by atoms with Gasteiger partial charge in [-0.25, -0.2) is 4.98 Å². The van der Waals surface area contributed by atoms with Crippen LogP contribution in [0.4, 0.5) is 0 Å². The fourth-order valence-electron chi connectivity index (χ4n) is 3.73. The average molecular weight is 497 g/mol. The monoisotopic (exact) mass is 497 g/mol. The number of nitrogens with zero attached hydrogens (tertiary/aromatic N) is 2. The fourth-order valence-corrected chi connectivity index (χ4v) is 3.73. The zero-order valence-electron chi connectivity index (χ0n) is 21.2. The Balaban J connectivity index is 2.23. The average Bonchev–Trinajstić information content (AvgIpc) is 2.83. The molecule has 2 rings (SSSR count). The summed E-state index contributed by atoms with van der Waals surface area (Å²) >= 11 is 0. The van der Waals surface area contributed by atoms with E-state index in [-0.39, 0.29) is 24.0 Å². The van der Waals surface area contributed by atoms with Gasteiger partial charge in [0.2, 0.25) is 11.8 Å². The van der Waals surface area contributed by atoms with Gasteiger partial charge in [-0.05, 0) is 30.2 Å². The normalized spacial score (nSPS) is 13.6. The molecule has 36 heavy (non-hydrogen) atoms. The summed E-state index contributed by atoms with van der Waals surface area (Å²) < 4.78 is 0. The van der Waals surface area contributed by atoms with Crippen molar-refractivity contribution in [1.29, 1.82) is 0 Å². The second-order valence-corrected chi connectivity index (χ2v) is 9.66. The predicted molar refractivity (Wildman–Crippen MR) is 136 cm³/mol. The maximum atomic E-state index is 13.3. The summed E-state index contributed by atoms with van der Waals surface area (Å²) in [6.45, 7) is 7.65. The van der Waals surface area contributed by atoms with Crippen molar-refractivity contribution in [3.63, 3.8) is 0 Å². The van der Waals surface area contributed by atoms with E-state index in [4.69, 9.17) is 0 Å². The first-order valence-corrected chi connectivity index (χ1v) is 12.1. The Morgan fingerprint density at radius 2 is 1.50 bits per heavy atom. The topological polar surface area (TPSA) is 154 Å². The van der Waals surface area contributed by atoms with Crippen LogP contribution in [-0.4, -0.2) is 62.9 Å². The molecule has 0 radical (unpaired) electrons. The van der Waals surface area contributed by atoms with E-state index >= 15 is 0 Å². The molecule has 0 saturated heterocycles. The smallest absolute Gasteiger partial charge is 0.426 e. The highest BCUT2D eigenvalue weighted by Crippen LogP contribution is 2.10. The lowest BCUT2D eigenvalue weighted by Gasteiger charge is -2.26. The van der Waals surface area contributed by atoms with Crippen molar-refractivity contribution in [3.8, 4) is 0 Å². The van der Waals surface area contributed by atoms with Crippen LogP contribution >= 0.6 is 0 Å². The largest absolute Gasteiger partial charge is 0.475 e. The van der Waals surface area contributed by atoms with Crippen LogP contribution in [0.1, 0.15) is 56.6 Å². The minimum atomic E-state index is -1.75. The number of carbonyl (C=O) groups is 3. The van der Waals surface area contributed by atoms with Crippen molar-refractivity contribution in [2.75, 3.05) is 0 Å². The molecule has 1 aromatic heterocycles. The highest BCUT2D eigenvalue weighted by atomic mass is 16.4. The second-order valence-electron chi connectivity index (χ2n) is 9.66. The van der Waals surface area contributed by atoms with Crippen molar-refractivity contribution >= 4 is 24.8 Å². The highest BCUT2D eigenvalue weighted by molar-refractivity contribution is 6.43. The van der Waals surface area contributed by atoms with Crippen molar-refractivity contribution in [1.82, 2.24) is 25.9 Å². The summed E-state index contributed by atoms with van der Waals surface area (Å²) in [6, 6.07) is 7.25. The first-order chi connectivity index (χ1) is 17.1. The number of benzene rings is 1. The molecule has 0 aliphatic rings. The van der Waals surface area contributed by atoms with Crippen LogP contribution in [0.2, 0.25) is 0 Å². The molecule has 2 aromatic rings. The van der Waals surface area contributed by atoms with Gasteiger partial charge in [-0.2, -0.15) is 0 Å². The molecule has 0 aliphatic heterocycles. The summed E-state index contributed by atoms with van der Waals surface area (Å²) in [5.41, 5.74) is 0.887. The number of hydrogen-bond acceptors (Lipinski definition) is 7. The molecule has 0 unspecified atom stereocenters. The van der Waals surface area contributed by atoms with Gasteiger partial charge in [-0.3, -0.25) is 19.4 Å². The Bertz CT molecular complexity index is 975. The van der Waals surface area contributed by atoms with Gasteiger partial charge in [-0.1, -0.05) is 58.0 Å². The third-order valence-electron chi connectivity index (χ3n) is 5.45. The Morgan fingerprint density at radius 1 is 0.861 bits per heavy atom. The van der Waals surface area contributed by atoms with Crippen molar-refractivity contribution in [3.05, 3.63) is 60.2 Å². The van der Waals surface area contributed by atoms with Crippen molar-refractivity contribution in [2.45, 2.75) is 65.0 Å². The lowest BCUT2D eigenvalue weighted by atomic mass is 9.75. The summed E-state index contributed by atoms with van der Waals surface area (Å²) in [7, 11) is -1.75. The third-order valence-corrected chi connectivity index (χ3v) is 5.45. The zero-order chi connectivity index (χ0) is 26.7. The van der Waals surface area contributed by atoms with Crippen molar-refractivity contribution < 1.29 is 24.4 Å². The van der Waals surface area contributed by atoms with E-state index in [1.165, 1.54) is 18.6 Å². The van der Waals surface area contributed by atoms with E-state index < -0.39 is 42.9 Å². The van der Waals surface area contributed by atoms with Gasteiger partial charge < -0.3 is 26.0 Å². The molecular formula is C25H36BN5O5. The summed E-state index contributed by atoms with van der Waals surface area (Å²) in [6.07, 6.45) is 5.00. The Hall–Kier alpha value is -3.31. The number of amides is 3. The van der Waals surface area contributed by atoms with Gasteiger partial charge in [0.05, 0.1) is 12.1 Å². The zero-order valence-corrected chi connectivity index (χ0v) is 21.2. The van der Waals surface area contributed by atoms with Gasteiger partial charge >= 0.3 is 7.12 Å². The summed E-state index contributed by atoms with van der Waals surface area (Å²) in [4.78, 5) is 47.0. The first-order valence-electron chi connectivity index (χ1n) is 12.1. The standard InChI is InChI=1S/C25H36BN5O5/c1-16(2)12-19(29-25(34)21-15-27-10-11-28-21)23(32)30-20(14-18-8-6-5-7-9-18)24(33)31-22(26(35)36)13-17(3)4/h5-11,15-17,19-20,22,35-36H,12-14H2,1-4H3,(H,29,34)(H,30,32)(H,31,33)/t19-,20-,22-/m0/s1. The molecule has 194 valence electrons. The molecule has 1 aromatic carbocycles. The van der Waals surface area contributed by atoms with Gasteiger partial charge in [0.15, 0.2) is 0 Å². The fraction of sp³-hybridized carbons (Fsp3) is 0.480. The molecule has 11 heteroatoms. The van der Waals surface area contributed by atoms with Crippen LogP contribution in [0.3, 0.4) is 0 Å². The van der Waals surface area contributed by atoms with E-state index in [2.05, 4.69) is 25.9 Å². The molecule has 0 spiro atoms. The van der Waals surface area contributed by atoms with Crippen LogP contribution in [0, 0.1) is 11.8 Å². The van der Waals surface area contributed by atoms with Gasteiger partial charge in [0.1, 0.15) is 17.8 Å². The Labute approximate surface area is 212 Å². The van der Waals surface area contributed by atoms with Gasteiger partial charge in [0, 0.05) is 18.8 Å². The van der Waals surface area contributed by atoms with Crippen LogP contribution in [0.25, 0.3) is 0 Å². The molecule has 0 bridgehead atoms. The minimum absolute atomic E-state index is 0.0734. The molecule has 3 atom stereocenters. The third kappa shape index (κ3) is 9.75. The molecule has 3 amide bonds. The van der Waals surface area contributed by atoms with E-state index in [9.17, 15) is 24.4 Å². The van der Waals surface area contributed by atoms with Gasteiger partial charge in [-0.15, -0.1) is 0 Å².